The summed E-state index contributed by atoms with van der Waals surface area (Å²) in [5, 5.41) is 7.76. The molecule has 0 aromatic carbocycles. The van der Waals surface area contributed by atoms with E-state index < -0.39 is 0 Å². The Morgan fingerprint density at radius 2 is 2.33 bits per heavy atom. The summed E-state index contributed by atoms with van der Waals surface area (Å²) in [6, 6.07) is 2.66. The number of nitrogens with one attached hydrogen (secondary N) is 1. The molecular weight excluding hydrogens is 242 g/mol. The molecule has 1 N–H and O–H groups in total. The molecule has 0 bridgehead atoms. The van der Waals surface area contributed by atoms with Crippen molar-refractivity contribution in [1.82, 2.24) is 14.9 Å². The van der Waals surface area contributed by atoms with Crippen molar-refractivity contribution in [3.63, 3.8) is 0 Å². The van der Waals surface area contributed by atoms with Crippen LogP contribution < -0.4 is 5.32 Å². The van der Waals surface area contributed by atoms with Gasteiger partial charge in [-0.05, 0) is 42.3 Å². The largest absolute Gasteiger partial charge is 0.335 e. The van der Waals surface area contributed by atoms with Gasteiger partial charge in [-0.15, -0.1) is 0 Å². The molecule has 1 unspecified atom stereocenters. The molecule has 0 fully saturated rings. The normalized spacial score (nSPS) is 12.8. The number of aryl methyl sites for hydroxylation is 1. The third-order valence-corrected chi connectivity index (χ3v) is 3.90. The fourth-order valence-corrected chi connectivity index (χ4v) is 2.85. The maximum atomic E-state index is 4.48. The lowest BCUT2D eigenvalue weighted by Crippen LogP contribution is -2.31. The van der Waals surface area contributed by atoms with Crippen LogP contribution in [-0.2, 0) is 19.4 Å². The first-order chi connectivity index (χ1) is 8.83. The highest BCUT2D eigenvalue weighted by atomic mass is 32.1. The number of hydrogen-bond donors (Lipinski definition) is 1. The van der Waals surface area contributed by atoms with Gasteiger partial charge in [-0.3, -0.25) is 0 Å². The average Bonchev–Trinajstić information content (AvgIpc) is 3.01. The Kier molecular flexibility index (Phi) is 4.96. The zero-order valence-corrected chi connectivity index (χ0v) is 11.9. The Morgan fingerprint density at radius 1 is 1.44 bits per heavy atom. The molecule has 0 saturated heterocycles. The van der Waals surface area contributed by atoms with Gasteiger partial charge in [-0.1, -0.05) is 6.92 Å². The predicted octanol–water partition coefficient (Wildman–Crippen LogP) is 2.73. The molecule has 0 spiro atoms. The van der Waals surface area contributed by atoms with Crippen LogP contribution in [0.4, 0.5) is 0 Å². The van der Waals surface area contributed by atoms with Gasteiger partial charge in [0, 0.05) is 31.4 Å². The van der Waals surface area contributed by atoms with Crippen molar-refractivity contribution >= 4 is 11.3 Å². The second-order valence-corrected chi connectivity index (χ2v) is 5.34. The van der Waals surface area contributed by atoms with E-state index in [1.165, 1.54) is 11.4 Å². The van der Waals surface area contributed by atoms with Gasteiger partial charge < -0.3 is 9.88 Å². The lowest BCUT2D eigenvalue weighted by atomic mass is 10.1. The molecule has 18 heavy (non-hydrogen) atoms. The van der Waals surface area contributed by atoms with Crippen molar-refractivity contribution in [1.29, 1.82) is 0 Å². The standard InChI is InChI=1S/C14H21N3S/c1-3-6-17-7-5-16-14(17)10-13(15-2)9-12-4-8-18-11-12/h4-5,7-8,11,13,15H,3,6,9-10H2,1-2H3. The van der Waals surface area contributed by atoms with Crippen LogP contribution >= 0.6 is 11.3 Å². The van der Waals surface area contributed by atoms with Gasteiger partial charge in [-0.25, -0.2) is 4.98 Å². The summed E-state index contributed by atoms with van der Waals surface area (Å²) < 4.78 is 2.26. The number of likely N-dealkylation sites (N-methyl/N-ethyl adjacent to an activating group) is 1. The SMILES string of the molecule is CCCn1ccnc1CC(Cc1ccsc1)NC. The molecule has 0 saturated carbocycles. The fourth-order valence-electron chi connectivity index (χ4n) is 2.16. The molecule has 2 heterocycles. The zero-order chi connectivity index (χ0) is 12.8. The van der Waals surface area contributed by atoms with E-state index in [2.05, 4.69) is 44.8 Å². The van der Waals surface area contributed by atoms with Crippen molar-refractivity contribution in [2.24, 2.45) is 0 Å². The van der Waals surface area contributed by atoms with Crippen molar-refractivity contribution in [3.8, 4) is 0 Å². The minimum Gasteiger partial charge on any atom is -0.335 e. The molecule has 0 aliphatic carbocycles. The maximum Gasteiger partial charge on any atom is 0.110 e. The topological polar surface area (TPSA) is 29.9 Å². The van der Waals surface area contributed by atoms with Gasteiger partial charge in [0.2, 0.25) is 0 Å². The Labute approximate surface area is 113 Å². The lowest BCUT2D eigenvalue weighted by Gasteiger charge is -2.16. The Balaban J connectivity index is 1.99. The van der Waals surface area contributed by atoms with Gasteiger partial charge in [0.1, 0.15) is 5.82 Å². The highest BCUT2D eigenvalue weighted by Crippen LogP contribution is 2.11. The van der Waals surface area contributed by atoms with Crippen LogP contribution in [0.1, 0.15) is 24.7 Å². The van der Waals surface area contributed by atoms with Crippen LogP contribution in [0.15, 0.2) is 29.2 Å². The summed E-state index contributed by atoms with van der Waals surface area (Å²) in [5.41, 5.74) is 1.41. The van der Waals surface area contributed by atoms with Crippen LogP contribution in [0.25, 0.3) is 0 Å². The summed E-state index contributed by atoms with van der Waals surface area (Å²) in [6.07, 6.45) is 7.19. The first-order valence-electron chi connectivity index (χ1n) is 6.51. The second-order valence-electron chi connectivity index (χ2n) is 4.56. The Morgan fingerprint density at radius 3 is 3.00 bits per heavy atom. The first kappa shape index (κ1) is 13.3. The van der Waals surface area contributed by atoms with Gasteiger partial charge in [0.15, 0.2) is 0 Å². The van der Waals surface area contributed by atoms with Crippen molar-refractivity contribution in [2.45, 2.75) is 38.8 Å². The minimum absolute atomic E-state index is 0.456. The number of rotatable bonds is 7. The van der Waals surface area contributed by atoms with E-state index in [0.29, 0.717) is 6.04 Å². The quantitative estimate of drug-likeness (QED) is 0.832. The van der Waals surface area contributed by atoms with Crippen LogP contribution in [-0.4, -0.2) is 22.6 Å². The van der Waals surface area contributed by atoms with E-state index in [-0.39, 0.29) is 0 Å². The third kappa shape index (κ3) is 3.43. The van der Waals surface area contributed by atoms with Gasteiger partial charge >= 0.3 is 0 Å². The molecule has 0 amide bonds. The molecular formula is C14H21N3S. The van der Waals surface area contributed by atoms with Gasteiger partial charge in [-0.2, -0.15) is 11.3 Å². The van der Waals surface area contributed by atoms with Crippen molar-refractivity contribution < 1.29 is 0 Å². The Bertz CT molecular complexity index is 447. The summed E-state index contributed by atoms with van der Waals surface area (Å²) in [7, 11) is 2.03. The van der Waals surface area contributed by atoms with Crippen molar-refractivity contribution in [2.75, 3.05) is 7.05 Å². The molecule has 1 atom stereocenters. The molecule has 2 rings (SSSR count). The van der Waals surface area contributed by atoms with E-state index in [9.17, 15) is 0 Å². The van der Waals surface area contributed by atoms with E-state index in [1.807, 2.05) is 13.2 Å². The van der Waals surface area contributed by atoms with Crippen LogP contribution in [0.5, 0.6) is 0 Å². The van der Waals surface area contributed by atoms with E-state index in [4.69, 9.17) is 0 Å². The van der Waals surface area contributed by atoms with E-state index in [1.54, 1.807) is 11.3 Å². The summed E-state index contributed by atoms with van der Waals surface area (Å²) in [5.74, 6) is 1.19. The fraction of sp³-hybridized carbons (Fsp3) is 0.500. The summed E-state index contributed by atoms with van der Waals surface area (Å²) in [6.45, 7) is 3.26. The molecule has 0 radical (unpaired) electrons. The second kappa shape index (κ2) is 6.71. The number of nitrogens with zero attached hydrogens (tertiary/aromatic N) is 2. The number of imidazole rings is 1. The first-order valence-corrected chi connectivity index (χ1v) is 7.46. The number of aromatic nitrogens is 2. The predicted molar refractivity (Wildman–Crippen MR) is 77.1 cm³/mol. The zero-order valence-electron chi connectivity index (χ0n) is 11.1. The molecule has 0 aliphatic rings. The summed E-state index contributed by atoms with van der Waals surface area (Å²) >= 11 is 1.76. The molecule has 3 nitrogen and oxygen atoms in total. The lowest BCUT2D eigenvalue weighted by molar-refractivity contribution is 0.520. The smallest absolute Gasteiger partial charge is 0.110 e. The summed E-state index contributed by atoms with van der Waals surface area (Å²) in [4.78, 5) is 4.48. The van der Waals surface area contributed by atoms with E-state index in [0.717, 1.165) is 25.8 Å². The monoisotopic (exact) mass is 263 g/mol. The highest BCUT2D eigenvalue weighted by molar-refractivity contribution is 7.07. The minimum atomic E-state index is 0.456. The van der Waals surface area contributed by atoms with E-state index >= 15 is 0 Å². The van der Waals surface area contributed by atoms with Crippen LogP contribution in [0, 0.1) is 0 Å². The maximum absolute atomic E-state index is 4.48. The third-order valence-electron chi connectivity index (χ3n) is 3.17. The Hall–Kier alpha value is -1.13. The van der Waals surface area contributed by atoms with Gasteiger partial charge in [0.25, 0.3) is 0 Å². The van der Waals surface area contributed by atoms with Gasteiger partial charge in [0.05, 0.1) is 0 Å². The molecule has 0 aliphatic heterocycles. The highest BCUT2D eigenvalue weighted by Gasteiger charge is 2.12. The molecule has 2 aromatic heterocycles. The average molecular weight is 263 g/mol. The molecule has 98 valence electrons. The van der Waals surface area contributed by atoms with Crippen LogP contribution in [0.3, 0.4) is 0 Å². The van der Waals surface area contributed by atoms with Crippen molar-refractivity contribution in [3.05, 3.63) is 40.6 Å². The molecule has 4 heteroatoms. The number of hydrogen-bond acceptors (Lipinski definition) is 3. The molecule has 2 aromatic rings. The van der Waals surface area contributed by atoms with Crippen LogP contribution in [0.2, 0.25) is 0 Å². The number of thiophene rings is 1.